The van der Waals surface area contributed by atoms with E-state index in [2.05, 4.69) is 0 Å². The normalized spacial score (nSPS) is 17.4. The second-order valence-corrected chi connectivity index (χ2v) is 5.59. The van der Waals surface area contributed by atoms with E-state index in [1.54, 1.807) is 30.2 Å². The molecule has 0 saturated carbocycles. The van der Waals surface area contributed by atoms with E-state index >= 15 is 0 Å². The third kappa shape index (κ3) is 3.67. The van der Waals surface area contributed by atoms with Crippen molar-refractivity contribution < 1.29 is 19.4 Å². The largest absolute Gasteiger partial charge is 0.493 e. The van der Waals surface area contributed by atoms with Gasteiger partial charge in [0.15, 0.2) is 11.5 Å². The first-order valence-electron chi connectivity index (χ1n) is 7.29. The van der Waals surface area contributed by atoms with E-state index in [1.165, 1.54) is 0 Å². The molecule has 0 atom stereocenters. The number of nitrogens with zero attached hydrogens (tertiary/aromatic N) is 1. The van der Waals surface area contributed by atoms with E-state index in [1.807, 2.05) is 13.8 Å². The maximum Gasteiger partial charge on any atom is 0.253 e. The van der Waals surface area contributed by atoms with Gasteiger partial charge in [-0.25, -0.2) is 0 Å². The van der Waals surface area contributed by atoms with Gasteiger partial charge in [-0.2, -0.15) is 0 Å². The molecule has 21 heavy (non-hydrogen) atoms. The fourth-order valence-corrected chi connectivity index (χ4v) is 2.45. The summed E-state index contributed by atoms with van der Waals surface area (Å²) < 4.78 is 10.7. The lowest BCUT2D eigenvalue weighted by Gasteiger charge is -2.35. The van der Waals surface area contributed by atoms with E-state index in [0.717, 1.165) is 0 Å². The van der Waals surface area contributed by atoms with Gasteiger partial charge in [0.25, 0.3) is 5.91 Å². The van der Waals surface area contributed by atoms with Gasteiger partial charge in [-0.05, 0) is 44.9 Å². The fraction of sp³-hybridized carbons (Fsp3) is 0.562. The highest BCUT2D eigenvalue weighted by atomic mass is 16.5. The molecular weight excluding hydrogens is 270 g/mol. The number of likely N-dealkylation sites (tertiary alicyclic amines) is 1. The van der Waals surface area contributed by atoms with Crippen LogP contribution < -0.4 is 9.47 Å². The molecule has 1 fully saturated rings. The van der Waals surface area contributed by atoms with Crippen LogP contribution in [-0.4, -0.2) is 48.3 Å². The molecule has 1 N–H and O–H groups in total. The molecule has 2 rings (SSSR count). The quantitative estimate of drug-likeness (QED) is 0.923. The Hall–Kier alpha value is -1.75. The van der Waals surface area contributed by atoms with Crippen molar-refractivity contribution >= 4 is 5.91 Å². The van der Waals surface area contributed by atoms with Crippen molar-refractivity contribution in [3.63, 3.8) is 0 Å². The lowest BCUT2D eigenvalue weighted by molar-refractivity contribution is -0.00203. The topological polar surface area (TPSA) is 59.0 Å². The predicted octanol–water partition coefficient (Wildman–Crippen LogP) is 2.08. The van der Waals surface area contributed by atoms with E-state index in [9.17, 15) is 9.90 Å². The van der Waals surface area contributed by atoms with Crippen LogP contribution >= 0.6 is 0 Å². The van der Waals surface area contributed by atoms with Crippen LogP contribution in [0.4, 0.5) is 0 Å². The molecule has 116 valence electrons. The molecule has 5 nitrogen and oxygen atoms in total. The van der Waals surface area contributed by atoms with Gasteiger partial charge < -0.3 is 19.5 Å². The Morgan fingerprint density at radius 3 is 2.57 bits per heavy atom. The smallest absolute Gasteiger partial charge is 0.253 e. The van der Waals surface area contributed by atoms with E-state index in [0.29, 0.717) is 49.6 Å². The number of aliphatic hydroxyl groups is 1. The third-order valence-corrected chi connectivity index (χ3v) is 3.84. The monoisotopic (exact) mass is 293 g/mol. The van der Waals surface area contributed by atoms with Crippen LogP contribution in [0.1, 0.15) is 37.0 Å². The number of piperidine rings is 1. The van der Waals surface area contributed by atoms with Crippen LogP contribution in [0.3, 0.4) is 0 Å². The Morgan fingerprint density at radius 2 is 2.00 bits per heavy atom. The molecule has 5 heteroatoms. The Bertz CT molecular complexity index is 503. The highest BCUT2D eigenvalue weighted by Crippen LogP contribution is 2.29. The first-order chi connectivity index (χ1) is 9.96. The van der Waals surface area contributed by atoms with Crippen LogP contribution in [-0.2, 0) is 0 Å². The number of amides is 1. The fourth-order valence-electron chi connectivity index (χ4n) is 2.45. The first kappa shape index (κ1) is 15.6. The second-order valence-electron chi connectivity index (χ2n) is 5.59. The van der Waals surface area contributed by atoms with Crippen molar-refractivity contribution in [3.05, 3.63) is 23.8 Å². The van der Waals surface area contributed by atoms with Crippen molar-refractivity contribution in [3.8, 4) is 11.5 Å². The minimum absolute atomic E-state index is 0.0353. The minimum Gasteiger partial charge on any atom is -0.493 e. The predicted molar refractivity (Wildman–Crippen MR) is 79.9 cm³/mol. The first-order valence-corrected chi connectivity index (χ1v) is 7.29. The van der Waals surface area contributed by atoms with Crippen LogP contribution in [0, 0.1) is 0 Å². The third-order valence-electron chi connectivity index (χ3n) is 3.84. The van der Waals surface area contributed by atoms with Gasteiger partial charge in [-0.3, -0.25) is 4.79 Å². The number of rotatable bonds is 4. The standard InChI is InChI=1S/C16H23NO4/c1-4-21-13-6-5-12(11-14(13)20-3)15(18)17-9-7-16(2,19)8-10-17/h5-6,11,19H,4,7-10H2,1-3H3. The molecule has 1 amide bonds. The lowest BCUT2D eigenvalue weighted by atomic mass is 9.93. The summed E-state index contributed by atoms with van der Waals surface area (Å²) in [5.74, 6) is 1.16. The van der Waals surface area contributed by atoms with Gasteiger partial charge in [0, 0.05) is 18.7 Å². The number of carbonyl (C=O) groups is 1. The summed E-state index contributed by atoms with van der Waals surface area (Å²) in [5.41, 5.74) is -0.0790. The Morgan fingerprint density at radius 1 is 1.33 bits per heavy atom. The summed E-state index contributed by atoms with van der Waals surface area (Å²) in [7, 11) is 1.56. The molecule has 1 saturated heterocycles. The van der Waals surface area contributed by atoms with Crippen molar-refractivity contribution in [2.24, 2.45) is 0 Å². The van der Waals surface area contributed by atoms with Crippen LogP contribution in [0.2, 0.25) is 0 Å². The molecule has 0 aromatic heterocycles. The number of ether oxygens (including phenoxy) is 2. The maximum atomic E-state index is 12.5. The van der Waals surface area contributed by atoms with Crippen molar-refractivity contribution in [1.82, 2.24) is 4.90 Å². The van der Waals surface area contributed by atoms with E-state index in [4.69, 9.17) is 9.47 Å². The molecular formula is C16H23NO4. The van der Waals surface area contributed by atoms with Crippen molar-refractivity contribution in [2.75, 3.05) is 26.8 Å². The zero-order valence-corrected chi connectivity index (χ0v) is 12.9. The molecule has 1 aromatic carbocycles. The summed E-state index contributed by atoms with van der Waals surface area (Å²) in [5, 5.41) is 9.95. The van der Waals surface area contributed by atoms with Gasteiger partial charge in [0.05, 0.1) is 19.3 Å². The number of hydrogen-bond acceptors (Lipinski definition) is 4. The van der Waals surface area contributed by atoms with Crippen LogP contribution in [0.5, 0.6) is 11.5 Å². The molecule has 0 unspecified atom stereocenters. The summed E-state index contributed by atoms with van der Waals surface area (Å²) in [6.45, 7) is 5.40. The highest BCUT2D eigenvalue weighted by Gasteiger charge is 2.30. The van der Waals surface area contributed by atoms with Gasteiger partial charge in [-0.1, -0.05) is 0 Å². The Labute approximate surface area is 125 Å². The average molecular weight is 293 g/mol. The Balaban J connectivity index is 2.12. The zero-order valence-electron chi connectivity index (χ0n) is 12.9. The lowest BCUT2D eigenvalue weighted by Crippen LogP contribution is -2.45. The summed E-state index contributed by atoms with van der Waals surface area (Å²) in [6, 6.07) is 5.22. The van der Waals surface area contributed by atoms with Gasteiger partial charge >= 0.3 is 0 Å². The van der Waals surface area contributed by atoms with Crippen molar-refractivity contribution in [2.45, 2.75) is 32.3 Å². The molecule has 1 aromatic rings. The Kier molecular flexibility index (Phi) is 4.73. The molecule has 0 aliphatic carbocycles. The molecule has 1 aliphatic rings. The molecule has 1 aliphatic heterocycles. The average Bonchev–Trinajstić information content (AvgIpc) is 2.47. The summed E-state index contributed by atoms with van der Waals surface area (Å²) in [6.07, 6.45) is 1.21. The molecule has 0 bridgehead atoms. The van der Waals surface area contributed by atoms with Crippen LogP contribution in [0.15, 0.2) is 18.2 Å². The zero-order chi connectivity index (χ0) is 15.5. The maximum absolute atomic E-state index is 12.5. The van der Waals surface area contributed by atoms with E-state index < -0.39 is 5.60 Å². The molecule has 0 spiro atoms. The van der Waals surface area contributed by atoms with Gasteiger partial charge in [0.1, 0.15) is 0 Å². The number of carbonyl (C=O) groups excluding carboxylic acids is 1. The van der Waals surface area contributed by atoms with Crippen molar-refractivity contribution in [1.29, 1.82) is 0 Å². The number of benzene rings is 1. The SMILES string of the molecule is CCOc1ccc(C(=O)N2CCC(C)(O)CC2)cc1OC. The van der Waals surface area contributed by atoms with Gasteiger partial charge in [-0.15, -0.1) is 0 Å². The molecule has 1 heterocycles. The number of hydrogen-bond donors (Lipinski definition) is 1. The molecule has 0 radical (unpaired) electrons. The summed E-state index contributed by atoms with van der Waals surface area (Å²) >= 11 is 0. The highest BCUT2D eigenvalue weighted by molar-refractivity contribution is 5.95. The number of methoxy groups -OCH3 is 1. The van der Waals surface area contributed by atoms with Crippen LogP contribution in [0.25, 0.3) is 0 Å². The minimum atomic E-state index is -0.659. The summed E-state index contributed by atoms with van der Waals surface area (Å²) in [4.78, 5) is 14.3. The van der Waals surface area contributed by atoms with E-state index in [-0.39, 0.29) is 5.91 Å². The van der Waals surface area contributed by atoms with Gasteiger partial charge in [0.2, 0.25) is 0 Å². The second kappa shape index (κ2) is 6.35.